The topological polar surface area (TPSA) is 120 Å². The highest BCUT2D eigenvalue weighted by atomic mass is 32.1. The van der Waals surface area contributed by atoms with E-state index in [1.165, 1.54) is 4.57 Å². The molecule has 0 saturated heterocycles. The lowest BCUT2D eigenvalue weighted by Crippen LogP contribution is -2.26. The zero-order valence-electron chi connectivity index (χ0n) is 10.9. The van der Waals surface area contributed by atoms with Crippen molar-refractivity contribution in [3.8, 4) is 0 Å². The SMILES string of the molecule is Cc1nc(N)c2[nH]c(=O)n(C(=S=O)c3ccccn3)c2n1. The van der Waals surface area contributed by atoms with Crippen LogP contribution >= 0.6 is 0 Å². The molecule has 0 aromatic carbocycles. The van der Waals surface area contributed by atoms with E-state index in [9.17, 15) is 9.00 Å². The Bertz CT molecular complexity index is 940. The number of hydrogen-bond donors (Lipinski definition) is 2. The lowest BCUT2D eigenvalue weighted by molar-refractivity contribution is 0.700. The minimum absolute atomic E-state index is 0.129. The van der Waals surface area contributed by atoms with Gasteiger partial charge >= 0.3 is 5.69 Å². The van der Waals surface area contributed by atoms with Gasteiger partial charge in [-0.2, -0.15) is 0 Å². The van der Waals surface area contributed by atoms with Gasteiger partial charge < -0.3 is 10.7 Å². The maximum Gasteiger partial charge on any atom is 0.333 e. The van der Waals surface area contributed by atoms with Gasteiger partial charge in [0, 0.05) is 6.20 Å². The molecule has 9 heteroatoms. The van der Waals surface area contributed by atoms with Crippen LogP contribution < -0.4 is 11.4 Å². The van der Waals surface area contributed by atoms with Crippen molar-refractivity contribution in [3.63, 3.8) is 0 Å². The molecule has 3 aromatic rings. The van der Waals surface area contributed by atoms with Crippen LogP contribution in [0.5, 0.6) is 0 Å². The van der Waals surface area contributed by atoms with Crippen LogP contribution in [0.1, 0.15) is 11.5 Å². The van der Waals surface area contributed by atoms with Crippen molar-refractivity contribution in [2.45, 2.75) is 6.92 Å². The number of anilines is 1. The first kappa shape index (κ1) is 13.2. The summed E-state index contributed by atoms with van der Waals surface area (Å²) in [4.78, 5) is 27.1. The van der Waals surface area contributed by atoms with Crippen LogP contribution in [0.2, 0.25) is 0 Å². The molecule has 0 saturated carbocycles. The molecule has 0 aliphatic carbocycles. The first-order valence-electron chi connectivity index (χ1n) is 5.95. The number of aromatic amines is 1. The summed E-state index contributed by atoms with van der Waals surface area (Å²) in [5.74, 6) is 0.564. The number of rotatable bonds is 1. The number of nitrogens with two attached hydrogens (primary N) is 1. The fraction of sp³-hybridized carbons (Fsp3) is 0.0833. The molecule has 0 unspecified atom stereocenters. The van der Waals surface area contributed by atoms with Crippen LogP contribution in [0.25, 0.3) is 11.2 Å². The maximum atomic E-state index is 12.2. The molecule has 3 heterocycles. The number of nitrogen functional groups attached to an aromatic ring is 1. The summed E-state index contributed by atoms with van der Waals surface area (Å²) in [6.45, 7) is 1.66. The van der Waals surface area contributed by atoms with E-state index in [2.05, 4.69) is 19.9 Å². The van der Waals surface area contributed by atoms with E-state index in [1.54, 1.807) is 31.3 Å². The third kappa shape index (κ3) is 2.13. The molecule has 0 atom stereocenters. The van der Waals surface area contributed by atoms with Gasteiger partial charge in [-0.25, -0.2) is 23.5 Å². The van der Waals surface area contributed by atoms with E-state index in [4.69, 9.17) is 5.73 Å². The summed E-state index contributed by atoms with van der Waals surface area (Å²) >= 11 is 0.167. The first-order chi connectivity index (χ1) is 10.1. The molecule has 0 bridgehead atoms. The van der Waals surface area contributed by atoms with Crippen LogP contribution in [-0.4, -0.2) is 33.7 Å². The molecular formula is C12H10N6O2S. The Hall–Kier alpha value is -2.81. The minimum atomic E-state index is -0.513. The molecule has 0 fully saturated rings. The predicted octanol–water partition coefficient (Wildman–Crippen LogP) is -0.355. The van der Waals surface area contributed by atoms with Crippen LogP contribution in [-0.2, 0) is 11.3 Å². The van der Waals surface area contributed by atoms with E-state index >= 15 is 0 Å². The Balaban J connectivity index is 2.37. The molecule has 0 aliphatic rings. The normalized spacial score (nSPS) is 10.7. The number of fused-ring (bicyclic) bond motifs is 1. The number of imidazole rings is 1. The Labute approximate surface area is 121 Å². The summed E-state index contributed by atoms with van der Waals surface area (Å²) in [7, 11) is 0. The molecule has 0 amide bonds. The molecule has 0 radical (unpaired) electrons. The van der Waals surface area contributed by atoms with E-state index in [0.29, 0.717) is 17.0 Å². The Kier molecular flexibility index (Phi) is 3.10. The Morgan fingerprint density at radius 1 is 1.38 bits per heavy atom. The first-order valence-corrected chi connectivity index (χ1v) is 6.69. The largest absolute Gasteiger partial charge is 0.382 e. The third-order valence-corrected chi connectivity index (χ3v) is 3.39. The molecule has 0 spiro atoms. The summed E-state index contributed by atoms with van der Waals surface area (Å²) in [5.41, 5.74) is 6.20. The lowest BCUT2D eigenvalue weighted by atomic mass is 10.3. The summed E-state index contributed by atoms with van der Waals surface area (Å²) in [5, 5.41) is 0. The average molecular weight is 302 g/mol. The van der Waals surface area contributed by atoms with E-state index < -0.39 is 5.69 Å². The highest BCUT2D eigenvalue weighted by molar-refractivity contribution is 7.67. The molecule has 3 rings (SSSR count). The molecule has 106 valence electrons. The lowest BCUT2D eigenvalue weighted by Gasteiger charge is -2.04. The third-order valence-electron chi connectivity index (χ3n) is 2.84. The van der Waals surface area contributed by atoms with E-state index in [0.717, 1.165) is 0 Å². The zero-order valence-corrected chi connectivity index (χ0v) is 11.7. The fourth-order valence-electron chi connectivity index (χ4n) is 1.99. The Morgan fingerprint density at radius 3 is 2.86 bits per heavy atom. The number of pyridine rings is 1. The van der Waals surface area contributed by atoms with Crippen molar-refractivity contribution in [1.29, 1.82) is 0 Å². The van der Waals surface area contributed by atoms with Gasteiger partial charge in [0.15, 0.2) is 16.5 Å². The Morgan fingerprint density at radius 2 is 2.19 bits per heavy atom. The van der Waals surface area contributed by atoms with Gasteiger partial charge in [-0.05, 0) is 19.1 Å². The van der Waals surface area contributed by atoms with Gasteiger partial charge in [-0.15, -0.1) is 0 Å². The fourth-order valence-corrected chi connectivity index (χ4v) is 2.44. The highest BCUT2D eigenvalue weighted by Gasteiger charge is 2.18. The summed E-state index contributed by atoms with van der Waals surface area (Å²) < 4.78 is 12.7. The molecule has 8 nitrogen and oxygen atoms in total. The van der Waals surface area contributed by atoms with Gasteiger partial charge in [0.05, 0.1) is 0 Å². The number of nitrogens with zero attached hydrogens (tertiary/aromatic N) is 4. The number of aryl methyl sites for hydroxylation is 1. The zero-order chi connectivity index (χ0) is 15.0. The second-order valence-corrected chi connectivity index (χ2v) is 4.78. The minimum Gasteiger partial charge on any atom is -0.382 e. The van der Waals surface area contributed by atoms with Crippen LogP contribution in [0.3, 0.4) is 0 Å². The number of hydrogen-bond acceptors (Lipinski definition) is 6. The van der Waals surface area contributed by atoms with E-state index in [1.807, 2.05) is 0 Å². The van der Waals surface area contributed by atoms with Gasteiger partial charge in [0.1, 0.15) is 28.3 Å². The summed E-state index contributed by atoms with van der Waals surface area (Å²) in [6.07, 6.45) is 1.54. The quantitative estimate of drug-likeness (QED) is 0.593. The summed E-state index contributed by atoms with van der Waals surface area (Å²) in [6, 6.07) is 5.09. The smallest absolute Gasteiger partial charge is 0.333 e. The van der Waals surface area contributed by atoms with Crippen molar-refractivity contribution in [2.24, 2.45) is 0 Å². The maximum absolute atomic E-state index is 12.2. The predicted molar refractivity (Wildman–Crippen MR) is 79.2 cm³/mol. The highest BCUT2D eigenvalue weighted by Crippen LogP contribution is 2.14. The van der Waals surface area contributed by atoms with Crippen molar-refractivity contribution in [3.05, 3.63) is 46.4 Å². The molecule has 21 heavy (non-hydrogen) atoms. The van der Waals surface area contributed by atoms with Crippen LogP contribution in [0.15, 0.2) is 29.2 Å². The van der Waals surface area contributed by atoms with Crippen molar-refractivity contribution >= 4 is 33.2 Å². The van der Waals surface area contributed by atoms with Crippen LogP contribution in [0.4, 0.5) is 5.82 Å². The number of aromatic nitrogens is 5. The molecular weight excluding hydrogens is 292 g/mol. The second-order valence-electron chi connectivity index (χ2n) is 4.22. The standard InChI is InChI=1S/C12H10N6O2S/c1-6-15-9(13)8-10(16-6)18(12(19)17-8)11(21-20)7-4-2-3-5-14-7/h2-5H,1H3,(H,17,19)(H2,13,15,16). The molecule has 3 aromatic heterocycles. The van der Waals surface area contributed by atoms with Crippen molar-refractivity contribution in [2.75, 3.05) is 5.73 Å². The monoisotopic (exact) mass is 302 g/mol. The molecule has 0 aliphatic heterocycles. The average Bonchev–Trinajstić information content (AvgIpc) is 2.79. The van der Waals surface area contributed by atoms with Gasteiger partial charge in [0.25, 0.3) is 0 Å². The van der Waals surface area contributed by atoms with Gasteiger partial charge in [0.2, 0.25) is 0 Å². The second kappa shape index (κ2) is 4.94. The van der Waals surface area contributed by atoms with Crippen molar-refractivity contribution in [1.82, 2.24) is 24.5 Å². The van der Waals surface area contributed by atoms with Crippen molar-refractivity contribution < 1.29 is 4.21 Å². The van der Waals surface area contributed by atoms with Crippen LogP contribution in [0, 0.1) is 6.92 Å². The van der Waals surface area contributed by atoms with Gasteiger partial charge in [-0.1, -0.05) is 6.07 Å². The molecule has 3 N–H and O–H groups in total. The van der Waals surface area contributed by atoms with Gasteiger partial charge in [-0.3, -0.25) is 4.98 Å². The number of nitrogens with one attached hydrogen (secondary N) is 1. The van der Waals surface area contributed by atoms with E-state index in [-0.39, 0.29) is 27.7 Å². The number of H-pyrrole nitrogens is 1.